The number of nitrogens with one attached hydrogen (secondary N) is 1. The van der Waals surface area contributed by atoms with Crippen LogP contribution in [-0.4, -0.2) is 22.9 Å². The number of fused-ring (bicyclic) bond motifs is 1. The molecule has 9 heteroatoms. The summed E-state index contributed by atoms with van der Waals surface area (Å²) >= 11 is 2.99. The molecule has 0 saturated heterocycles. The van der Waals surface area contributed by atoms with Crippen molar-refractivity contribution in [2.75, 3.05) is 12.4 Å². The summed E-state index contributed by atoms with van der Waals surface area (Å²) in [6, 6.07) is 17.6. The molecule has 162 valence electrons. The number of aryl methyl sites for hydroxylation is 1. The first-order chi connectivity index (χ1) is 15.4. The predicted molar refractivity (Wildman–Crippen MR) is 128 cm³/mol. The summed E-state index contributed by atoms with van der Waals surface area (Å²) in [6.45, 7) is 1.90. The van der Waals surface area contributed by atoms with Crippen molar-refractivity contribution in [3.8, 4) is 5.75 Å². The highest BCUT2D eigenvalue weighted by atomic mass is 32.2. The number of anilines is 1. The second-order valence-electron chi connectivity index (χ2n) is 6.97. The molecule has 1 amide bonds. The van der Waals surface area contributed by atoms with Crippen LogP contribution in [-0.2, 0) is 5.75 Å². The minimum Gasteiger partial charge on any atom is -0.496 e. The summed E-state index contributed by atoms with van der Waals surface area (Å²) in [5.74, 6) is 0.936. The van der Waals surface area contributed by atoms with Crippen molar-refractivity contribution in [3.63, 3.8) is 0 Å². The van der Waals surface area contributed by atoms with Gasteiger partial charge in [-0.1, -0.05) is 30.0 Å². The van der Waals surface area contributed by atoms with E-state index in [4.69, 9.17) is 4.74 Å². The van der Waals surface area contributed by atoms with Gasteiger partial charge in [0.05, 0.1) is 22.2 Å². The Morgan fingerprint density at radius 1 is 1.19 bits per heavy atom. The van der Waals surface area contributed by atoms with Gasteiger partial charge in [0.2, 0.25) is 0 Å². The van der Waals surface area contributed by atoms with Crippen LogP contribution < -0.4 is 10.1 Å². The minimum absolute atomic E-state index is 0.0275. The number of nitrogens with zero attached hydrogens (tertiary/aromatic N) is 2. The Balaban J connectivity index is 1.50. The molecule has 0 aliphatic carbocycles. The van der Waals surface area contributed by atoms with Crippen molar-refractivity contribution in [3.05, 3.63) is 87.5 Å². The van der Waals surface area contributed by atoms with E-state index in [2.05, 4.69) is 10.3 Å². The standard InChI is InChI=1S/C23H19N3O4S2/c1-14-5-3-4-6-18(14)22(27)24-16-7-9-19-21(12-16)32-23(25-19)31-13-15-11-17(26(28)29)8-10-20(15)30-2/h3-12H,13H2,1-2H3,(H,24,27). The number of non-ortho nitro benzene ring substituents is 1. The smallest absolute Gasteiger partial charge is 0.270 e. The number of methoxy groups -OCH3 is 1. The Morgan fingerprint density at radius 3 is 2.75 bits per heavy atom. The van der Waals surface area contributed by atoms with Crippen molar-refractivity contribution in [2.24, 2.45) is 0 Å². The lowest BCUT2D eigenvalue weighted by Gasteiger charge is -2.07. The van der Waals surface area contributed by atoms with E-state index >= 15 is 0 Å². The molecule has 4 rings (SSSR count). The Labute approximate surface area is 192 Å². The van der Waals surface area contributed by atoms with Crippen LogP contribution in [0.2, 0.25) is 0 Å². The number of hydrogen-bond acceptors (Lipinski definition) is 7. The monoisotopic (exact) mass is 465 g/mol. The van der Waals surface area contributed by atoms with E-state index in [0.717, 1.165) is 25.7 Å². The Kier molecular flexibility index (Phi) is 6.38. The minimum atomic E-state index is -0.419. The van der Waals surface area contributed by atoms with E-state index < -0.39 is 4.92 Å². The van der Waals surface area contributed by atoms with Gasteiger partial charge >= 0.3 is 0 Å². The molecule has 3 aromatic carbocycles. The number of nitro groups is 1. The molecule has 7 nitrogen and oxygen atoms in total. The molecule has 0 atom stereocenters. The highest BCUT2D eigenvalue weighted by molar-refractivity contribution is 8.00. The third-order valence-corrected chi connectivity index (χ3v) is 7.05. The number of thioether (sulfide) groups is 1. The number of hydrogen-bond donors (Lipinski definition) is 1. The van der Waals surface area contributed by atoms with Gasteiger partial charge in [-0.3, -0.25) is 14.9 Å². The third-order valence-electron chi connectivity index (χ3n) is 4.84. The van der Waals surface area contributed by atoms with E-state index in [9.17, 15) is 14.9 Å². The van der Waals surface area contributed by atoms with Crippen molar-refractivity contribution >= 4 is 50.6 Å². The summed E-state index contributed by atoms with van der Waals surface area (Å²) in [7, 11) is 1.54. The zero-order valence-electron chi connectivity index (χ0n) is 17.3. The first-order valence-corrected chi connectivity index (χ1v) is 11.5. The lowest BCUT2D eigenvalue weighted by Crippen LogP contribution is -2.13. The quantitative estimate of drug-likeness (QED) is 0.202. The number of thiazole rings is 1. The molecule has 0 aliphatic rings. The molecule has 1 N–H and O–H groups in total. The second-order valence-corrected chi connectivity index (χ2v) is 9.23. The van der Waals surface area contributed by atoms with Gasteiger partial charge in [0.25, 0.3) is 11.6 Å². The molecular weight excluding hydrogens is 446 g/mol. The van der Waals surface area contributed by atoms with Gasteiger partial charge in [-0.05, 0) is 42.8 Å². The average molecular weight is 466 g/mol. The maximum atomic E-state index is 12.6. The van der Waals surface area contributed by atoms with Crippen molar-refractivity contribution < 1.29 is 14.5 Å². The van der Waals surface area contributed by atoms with Crippen molar-refractivity contribution in [1.29, 1.82) is 0 Å². The van der Waals surface area contributed by atoms with Gasteiger partial charge in [-0.2, -0.15) is 0 Å². The molecular formula is C23H19N3O4S2. The highest BCUT2D eigenvalue weighted by Gasteiger charge is 2.14. The number of rotatable bonds is 7. The molecule has 0 saturated carbocycles. The van der Waals surface area contributed by atoms with Crippen LogP contribution in [0.1, 0.15) is 21.5 Å². The van der Waals surface area contributed by atoms with Gasteiger partial charge in [0.1, 0.15) is 5.75 Å². The largest absolute Gasteiger partial charge is 0.496 e. The fourth-order valence-corrected chi connectivity index (χ4v) is 5.29. The van der Waals surface area contributed by atoms with Crippen LogP contribution >= 0.6 is 23.1 Å². The zero-order chi connectivity index (χ0) is 22.7. The summed E-state index contributed by atoms with van der Waals surface area (Å²) in [5, 5.41) is 14.0. The highest BCUT2D eigenvalue weighted by Crippen LogP contribution is 2.35. The summed E-state index contributed by atoms with van der Waals surface area (Å²) in [4.78, 5) is 27.9. The fourth-order valence-electron chi connectivity index (χ4n) is 3.20. The molecule has 32 heavy (non-hydrogen) atoms. The maximum Gasteiger partial charge on any atom is 0.270 e. The van der Waals surface area contributed by atoms with Crippen LogP contribution in [0, 0.1) is 17.0 Å². The van der Waals surface area contributed by atoms with Crippen LogP contribution in [0.25, 0.3) is 10.2 Å². The van der Waals surface area contributed by atoms with E-state index in [1.807, 2.05) is 43.3 Å². The normalized spacial score (nSPS) is 10.8. The number of aromatic nitrogens is 1. The first-order valence-electron chi connectivity index (χ1n) is 9.66. The number of amides is 1. The third kappa shape index (κ3) is 4.74. The molecule has 0 spiro atoms. The number of ether oxygens (including phenoxy) is 1. The van der Waals surface area contributed by atoms with Crippen molar-refractivity contribution in [1.82, 2.24) is 4.98 Å². The lowest BCUT2D eigenvalue weighted by molar-refractivity contribution is -0.384. The van der Waals surface area contributed by atoms with E-state index in [0.29, 0.717) is 22.8 Å². The summed E-state index contributed by atoms with van der Waals surface area (Å²) in [5.41, 5.74) is 3.85. The van der Waals surface area contributed by atoms with E-state index in [-0.39, 0.29) is 11.6 Å². The molecule has 0 unspecified atom stereocenters. The molecule has 1 aromatic heterocycles. The summed E-state index contributed by atoms with van der Waals surface area (Å²) < 4.78 is 7.11. The van der Waals surface area contributed by atoms with E-state index in [1.54, 1.807) is 19.2 Å². The SMILES string of the molecule is COc1ccc([N+](=O)[O-])cc1CSc1nc2ccc(NC(=O)c3ccccc3C)cc2s1. The maximum absolute atomic E-state index is 12.6. The van der Waals surface area contributed by atoms with Gasteiger partial charge in [0, 0.05) is 34.7 Å². The van der Waals surface area contributed by atoms with Gasteiger partial charge in [-0.15, -0.1) is 11.3 Å². The van der Waals surface area contributed by atoms with Gasteiger partial charge in [0.15, 0.2) is 4.34 Å². The fraction of sp³-hybridized carbons (Fsp3) is 0.130. The summed E-state index contributed by atoms with van der Waals surface area (Å²) in [6.07, 6.45) is 0. The number of carbonyl (C=O) groups is 1. The van der Waals surface area contributed by atoms with Crippen LogP contribution in [0.3, 0.4) is 0 Å². The molecule has 0 bridgehead atoms. The lowest BCUT2D eigenvalue weighted by atomic mass is 10.1. The zero-order valence-corrected chi connectivity index (χ0v) is 19.0. The molecule has 4 aromatic rings. The Hall–Kier alpha value is -3.43. The Morgan fingerprint density at radius 2 is 2.00 bits per heavy atom. The molecule has 0 radical (unpaired) electrons. The number of carbonyl (C=O) groups excluding carboxylic acids is 1. The average Bonchev–Trinajstić information content (AvgIpc) is 3.19. The van der Waals surface area contributed by atoms with Gasteiger partial charge in [-0.25, -0.2) is 4.98 Å². The Bertz CT molecular complexity index is 1320. The predicted octanol–water partition coefficient (Wildman–Crippen LogP) is 6.07. The molecule has 0 aliphatic heterocycles. The van der Waals surface area contributed by atoms with Crippen LogP contribution in [0.4, 0.5) is 11.4 Å². The van der Waals surface area contributed by atoms with Crippen LogP contribution in [0.5, 0.6) is 5.75 Å². The first kappa shape index (κ1) is 21.8. The van der Waals surface area contributed by atoms with E-state index in [1.165, 1.54) is 35.2 Å². The molecule has 1 heterocycles. The number of nitro benzene ring substituents is 1. The molecule has 0 fully saturated rings. The second kappa shape index (κ2) is 9.37. The number of benzene rings is 3. The van der Waals surface area contributed by atoms with Crippen LogP contribution in [0.15, 0.2) is 65.0 Å². The van der Waals surface area contributed by atoms with Crippen molar-refractivity contribution in [2.45, 2.75) is 17.0 Å². The topological polar surface area (TPSA) is 94.4 Å². The van der Waals surface area contributed by atoms with Gasteiger partial charge < -0.3 is 10.1 Å².